The van der Waals surface area contributed by atoms with E-state index in [1.54, 1.807) is 0 Å². The van der Waals surface area contributed by atoms with Crippen LogP contribution >= 0.6 is 0 Å². The van der Waals surface area contributed by atoms with Crippen LogP contribution in [-0.4, -0.2) is 16.0 Å². The Hall–Kier alpha value is -2.17. The molecule has 0 bridgehead atoms. The van der Waals surface area contributed by atoms with Gasteiger partial charge in [0, 0.05) is 12.0 Å². The zero-order valence-corrected chi connectivity index (χ0v) is 12.9. The van der Waals surface area contributed by atoms with Crippen molar-refractivity contribution in [1.82, 2.24) is 15.5 Å². The average Bonchev–Trinajstić information content (AvgIpc) is 2.87. The Morgan fingerprint density at radius 2 is 1.95 bits per heavy atom. The van der Waals surface area contributed by atoms with Crippen molar-refractivity contribution in [3.05, 3.63) is 36.2 Å². The van der Waals surface area contributed by atoms with Crippen molar-refractivity contribution in [1.29, 1.82) is 0 Å². The molecule has 1 heterocycles. The SMILES string of the molecule is CC(NC(=O)CC(C)(C)C)c1nc(-c2ccccc2)no1. The van der Waals surface area contributed by atoms with Crippen LogP contribution in [0.5, 0.6) is 0 Å². The summed E-state index contributed by atoms with van der Waals surface area (Å²) in [4.78, 5) is 16.3. The number of benzene rings is 1. The first-order valence-corrected chi connectivity index (χ1v) is 7.03. The molecule has 1 aromatic heterocycles. The van der Waals surface area contributed by atoms with E-state index < -0.39 is 0 Å². The van der Waals surface area contributed by atoms with Crippen LogP contribution in [0.3, 0.4) is 0 Å². The van der Waals surface area contributed by atoms with Crippen LogP contribution in [0.2, 0.25) is 0 Å². The van der Waals surface area contributed by atoms with Gasteiger partial charge in [0.15, 0.2) is 0 Å². The van der Waals surface area contributed by atoms with Crippen LogP contribution in [0.4, 0.5) is 0 Å². The standard InChI is InChI=1S/C16H21N3O2/c1-11(17-13(20)10-16(2,3)4)15-18-14(19-21-15)12-8-6-5-7-9-12/h5-9,11H,10H2,1-4H3,(H,17,20). The van der Waals surface area contributed by atoms with E-state index in [1.165, 1.54) is 0 Å². The Labute approximate surface area is 124 Å². The second-order valence-corrected chi connectivity index (χ2v) is 6.35. The van der Waals surface area contributed by atoms with Gasteiger partial charge in [0.25, 0.3) is 0 Å². The first kappa shape index (κ1) is 15.2. The molecule has 1 amide bonds. The Morgan fingerprint density at radius 3 is 2.57 bits per heavy atom. The second-order valence-electron chi connectivity index (χ2n) is 6.35. The van der Waals surface area contributed by atoms with Crippen LogP contribution < -0.4 is 5.32 Å². The molecule has 0 saturated carbocycles. The highest BCUT2D eigenvalue weighted by molar-refractivity contribution is 5.76. The van der Waals surface area contributed by atoms with E-state index in [9.17, 15) is 4.79 Å². The first-order valence-electron chi connectivity index (χ1n) is 7.03. The number of aromatic nitrogens is 2. The molecule has 0 fully saturated rings. The maximum Gasteiger partial charge on any atom is 0.249 e. The zero-order chi connectivity index (χ0) is 15.5. The maximum absolute atomic E-state index is 11.9. The fourth-order valence-corrected chi connectivity index (χ4v) is 1.95. The molecular formula is C16H21N3O2. The molecule has 1 atom stereocenters. The topological polar surface area (TPSA) is 68.0 Å². The number of hydrogen-bond acceptors (Lipinski definition) is 4. The van der Waals surface area contributed by atoms with Crippen molar-refractivity contribution < 1.29 is 9.32 Å². The van der Waals surface area contributed by atoms with Gasteiger partial charge in [0.05, 0.1) is 0 Å². The van der Waals surface area contributed by atoms with Gasteiger partial charge in [-0.25, -0.2) is 0 Å². The van der Waals surface area contributed by atoms with Crippen LogP contribution in [0.1, 0.15) is 46.0 Å². The zero-order valence-electron chi connectivity index (χ0n) is 12.9. The highest BCUT2D eigenvalue weighted by Gasteiger charge is 2.21. The lowest BCUT2D eigenvalue weighted by Gasteiger charge is -2.18. The van der Waals surface area contributed by atoms with Gasteiger partial charge in [-0.15, -0.1) is 0 Å². The summed E-state index contributed by atoms with van der Waals surface area (Å²) in [6, 6.07) is 9.29. The summed E-state index contributed by atoms with van der Waals surface area (Å²) in [6.45, 7) is 7.91. The van der Waals surface area contributed by atoms with Gasteiger partial charge in [-0.1, -0.05) is 56.3 Å². The predicted octanol–water partition coefficient (Wildman–Crippen LogP) is 3.35. The molecule has 112 valence electrons. The Balaban J connectivity index is 2.03. The molecule has 0 aliphatic heterocycles. The number of amides is 1. The number of hydrogen-bond donors (Lipinski definition) is 1. The molecule has 0 saturated heterocycles. The molecule has 2 rings (SSSR count). The summed E-state index contributed by atoms with van der Waals surface area (Å²) in [5.41, 5.74) is 0.842. The summed E-state index contributed by atoms with van der Waals surface area (Å²) >= 11 is 0. The number of rotatable bonds is 4. The lowest BCUT2D eigenvalue weighted by Crippen LogP contribution is -2.30. The van der Waals surface area contributed by atoms with Gasteiger partial charge in [-0.3, -0.25) is 4.79 Å². The van der Waals surface area contributed by atoms with Crippen LogP contribution in [0, 0.1) is 5.41 Å². The van der Waals surface area contributed by atoms with E-state index in [1.807, 2.05) is 58.0 Å². The maximum atomic E-state index is 11.9. The molecule has 1 unspecified atom stereocenters. The normalized spacial score (nSPS) is 13.0. The third-order valence-corrected chi connectivity index (χ3v) is 2.91. The van der Waals surface area contributed by atoms with Gasteiger partial charge < -0.3 is 9.84 Å². The van der Waals surface area contributed by atoms with Crippen molar-refractivity contribution in [3.63, 3.8) is 0 Å². The summed E-state index contributed by atoms with van der Waals surface area (Å²) in [6.07, 6.45) is 0.455. The van der Waals surface area contributed by atoms with Crippen LogP contribution in [0.15, 0.2) is 34.9 Å². The number of carbonyl (C=O) groups excluding carboxylic acids is 1. The summed E-state index contributed by atoms with van der Waals surface area (Å²) < 4.78 is 5.24. The first-order chi connectivity index (χ1) is 9.85. The summed E-state index contributed by atoms with van der Waals surface area (Å²) in [5.74, 6) is 0.924. The molecule has 21 heavy (non-hydrogen) atoms. The number of carbonyl (C=O) groups is 1. The minimum absolute atomic E-state index is 0.0190. The van der Waals surface area contributed by atoms with Crippen molar-refractivity contribution >= 4 is 5.91 Å². The Bertz CT molecular complexity index is 599. The van der Waals surface area contributed by atoms with Crippen molar-refractivity contribution in [2.75, 3.05) is 0 Å². The van der Waals surface area contributed by atoms with Gasteiger partial charge in [-0.2, -0.15) is 4.98 Å². The average molecular weight is 287 g/mol. The Kier molecular flexibility index (Phi) is 4.40. The fraction of sp³-hybridized carbons (Fsp3) is 0.438. The van der Waals surface area contributed by atoms with E-state index in [0.717, 1.165) is 5.56 Å². The van der Waals surface area contributed by atoms with Crippen LogP contribution in [0.25, 0.3) is 11.4 Å². The minimum atomic E-state index is -0.301. The predicted molar refractivity (Wildman–Crippen MR) is 80.4 cm³/mol. The number of nitrogens with zero attached hydrogens (tertiary/aromatic N) is 2. The molecule has 0 aliphatic rings. The van der Waals surface area contributed by atoms with Crippen LogP contribution in [-0.2, 0) is 4.79 Å². The molecule has 0 spiro atoms. The molecular weight excluding hydrogens is 266 g/mol. The monoisotopic (exact) mass is 287 g/mol. The molecule has 5 heteroatoms. The molecule has 0 aliphatic carbocycles. The Morgan fingerprint density at radius 1 is 1.29 bits per heavy atom. The molecule has 1 N–H and O–H groups in total. The minimum Gasteiger partial charge on any atom is -0.345 e. The van der Waals surface area contributed by atoms with Gasteiger partial charge >= 0.3 is 0 Å². The molecule has 5 nitrogen and oxygen atoms in total. The second kappa shape index (κ2) is 6.08. The third-order valence-electron chi connectivity index (χ3n) is 2.91. The summed E-state index contributed by atoms with van der Waals surface area (Å²) in [5, 5.41) is 6.83. The number of nitrogens with one attached hydrogen (secondary N) is 1. The molecule has 0 radical (unpaired) electrons. The van der Waals surface area contributed by atoms with E-state index in [0.29, 0.717) is 18.1 Å². The fourth-order valence-electron chi connectivity index (χ4n) is 1.95. The van der Waals surface area contributed by atoms with Gasteiger partial charge in [0.1, 0.15) is 6.04 Å². The van der Waals surface area contributed by atoms with Crippen molar-refractivity contribution in [2.24, 2.45) is 5.41 Å². The van der Waals surface area contributed by atoms with Gasteiger partial charge in [0.2, 0.25) is 17.6 Å². The van der Waals surface area contributed by atoms with E-state index in [4.69, 9.17) is 4.52 Å². The highest BCUT2D eigenvalue weighted by atomic mass is 16.5. The highest BCUT2D eigenvalue weighted by Crippen LogP contribution is 2.21. The quantitative estimate of drug-likeness (QED) is 0.936. The van der Waals surface area contributed by atoms with Gasteiger partial charge in [-0.05, 0) is 12.3 Å². The van der Waals surface area contributed by atoms with Crippen molar-refractivity contribution in [3.8, 4) is 11.4 Å². The van der Waals surface area contributed by atoms with E-state index >= 15 is 0 Å². The molecule has 1 aromatic carbocycles. The third kappa shape index (κ3) is 4.41. The van der Waals surface area contributed by atoms with E-state index in [-0.39, 0.29) is 17.4 Å². The largest absolute Gasteiger partial charge is 0.345 e. The summed E-state index contributed by atoms with van der Waals surface area (Å²) in [7, 11) is 0. The lowest BCUT2D eigenvalue weighted by molar-refractivity contribution is -0.123. The van der Waals surface area contributed by atoms with Crippen molar-refractivity contribution in [2.45, 2.75) is 40.2 Å². The van der Waals surface area contributed by atoms with E-state index in [2.05, 4.69) is 15.5 Å². The molecule has 2 aromatic rings. The smallest absolute Gasteiger partial charge is 0.249 e. The lowest BCUT2D eigenvalue weighted by atomic mass is 9.92.